The van der Waals surface area contributed by atoms with Crippen molar-refractivity contribution >= 4 is 40.2 Å². The lowest BCUT2D eigenvalue weighted by molar-refractivity contribution is 0.0683. The van der Waals surface area contributed by atoms with Crippen LogP contribution in [0.1, 0.15) is 17.4 Å². The van der Waals surface area contributed by atoms with Gasteiger partial charge in [0.25, 0.3) is 0 Å². The highest BCUT2D eigenvalue weighted by Crippen LogP contribution is 2.30. The van der Waals surface area contributed by atoms with Crippen LogP contribution in [0.2, 0.25) is 5.02 Å². The second kappa shape index (κ2) is 5.79. The lowest BCUT2D eigenvalue weighted by Gasteiger charge is -1.99. The highest BCUT2D eigenvalue weighted by molar-refractivity contribution is 14.1. The third-order valence-electron chi connectivity index (χ3n) is 2.24. The molecule has 0 bridgehead atoms. The highest BCUT2D eigenvalue weighted by atomic mass is 127. The van der Waals surface area contributed by atoms with Gasteiger partial charge in [-0.25, -0.2) is 4.79 Å². The smallest absolute Gasteiger partial charge is 0.362 e. The zero-order chi connectivity index (χ0) is 14.0. The van der Waals surface area contributed by atoms with E-state index in [4.69, 9.17) is 25.9 Å². The minimum Gasteiger partial charge on any atom is -0.476 e. The monoisotopic (exact) mass is 393 g/mol. The number of halogens is 2. The fourth-order valence-electron chi connectivity index (χ4n) is 1.42. The Bertz CT molecular complexity index is 626. The number of nitrogens with zero attached hydrogens (tertiary/aromatic N) is 1. The number of rotatable bonds is 4. The van der Waals surface area contributed by atoms with Gasteiger partial charge in [-0.05, 0) is 47.7 Å². The van der Waals surface area contributed by atoms with Crippen molar-refractivity contribution in [2.75, 3.05) is 6.61 Å². The Labute approximate surface area is 127 Å². The van der Waals surface area contributed by atoms with E-state index < -0.39 is 5.97 Å². The summed E-state index contributed by atoms with van der Waals surface area (Å²) in [6.45, 7) is 2.03. The lowest BCUT2D eigenvalue weighted by Crippen LogP contribution is -2.01. The number of carbonyl (C=O) groups is 1. The molecule has 1 aromatic heterocycles. The van der Waals surface area contributed by atoms with E-state index in [1.165, 1.54) is 0 Å². The van der Waals surface area contributed by atoms with Crippen molar-refractivity contribution in [3.8, 4) is 17.4 Å². The average molecular weight is 394 g/mol. The number of carboxylic acid groups (broad SMARTS) is 1. The van der Waals surface area contributed by atoms with Gasteiger partial charge in [-0.15, -0.1) is 0 Å². The molecule has 1 heterocycles. The molecule has 0 aliphatic rings. The van der Waals surface area contributed by atoms with Crippen molar-refractivity contribution in [2.45, 2.75) is 6.92 Å². The predicted molar refractivity (Wildman–Crippen MR) is 77.8 cm³/mol. The molecular formula is C12H9ClINO4. The normalized spacial score (nSPS) is 10.5. The summed E-state index contributed by atoms with van der Waals surface area (Å²) in [4.78, 5) is 14.9. The molecule has 100 valence electrons. The summed E-state index contributed by atoms with van der Waals surface area (Å²) in [5.74, 6) is -1.13. The van der Waals surface area contributed by atoms with Gasteiger partial charge in [-0.2, -0.15) is 4.98 Å². The van der Waals surface area contributed by atoms with Crippen LogP contribution in [0.3, 0.4) is 0 Å². The molecule has 1 N–H and O–H groups in total. The van der Waals surface area contributed by atoms with Gasteiger partial charge >= 0.3 is 11.9 Å². The molecule has 0 saturated heterocycles. The van der Waals surface area contributed by atoms with E-state index in [1.54, 1.807) is 25.1 Å². The summed E-state index contributed by atoms with van der Waals surface area (Å²) in [5.41, 5.74) is 0.352. The first-order valence-corrected chi connectivity index (χ1v) is 6.81. The standard InChI is InChI=1S/C12H9ClINO4/c1-2-18-12-9(11(16)17)15-10(19-12)6-3-4-8(14)7(13)5-6/h3-5H,2H2,1H3,(H,16,17). The summed E-state index contributed by atoms with van der Waals surface area (Å²) < 4.78 is 11.3. The van der Waals surface area contributed by atoms with Gasteiger partial charge in [0, 0.05) is 9.13 Å². The Balaban J connectivity index is 2.47. The Morgan fingerprint density at radius 3 is 2.89 bits per heavy atom. The van der Waals surface area contributed by atoms with Gasteiger partial charge in [0.2, 0.25) is 11.6 Å². The summed E-state index contributed by atoms with van der Waals surface area (Å²) in [6, 6.07) is 5.21. The Morgan fingerprint density at radius 2 is 2.32 bits per heavy atom. The maximum atomic E-state index is 11.0. The van der Waals surface area contributed by atoms with Gasteiger partial charge in [0.05, 0.1) is 11.6 Å². The largest absolute Gasteiger partial charge is 0.476 e. The average Bonchev–Trinajstić information content (AvgIpc) is 2.77. The molecule has 19 heavy (non-hydrogen) atoms. The van der Waals surface area contributed by atoms with Gasteiger partial charge in [-0.1, -0.05) is 11.6 Å². The van der Waals surface area contributed by atoms with Gasteiger partial charge in [-0.3, -0.25) is 0 Å². The van der Waals surface area contributed by atoms with Crippen molar-refractivity contribution in [2.24, 2.45) is 0 Å². The summed E-state index contributed by atoms with van der Waals surface area (Å²) in [7, 11) is 0. The first kappa shape index (κ1) is 14.1. The molecule has 5 nitrogen and oxygen atoms in total. The van der Waals surface area contributed by atoms with E-state index in [-0.39, 0.29) is 17.5 Å². The molecular weight excluding hydrogens is 384 g/mol. The Kier molecular flexibility index (Phi) is 4.31. The Hall–Kier alpha value is -1.28. The third kappa shape index (κ3) is 3.01. The fraction of sp³-hybridized carbons (Fsp3) is 0.167. The number of aromatic carboxylic acids is 1. The van der Waals surface area contributed by atoms with Crippen LogP contribution in [0.5, 0.6) is 5.95 Å². The molecule has 0 atom stereocenters. The van der Waals surface area contributed by atoms with E-state index in [0.717, 1.165) is 3.57 Å². The summed E-state index contributed by atoms with van der Waals surface area (Å²) in [6.07, 6.45) is 0. The van der Waals surface area contributed by atoms with Crippen molar-refractivity contribution in [1.82, 2.24) is 4.98 Å². The van der Waals surface area contributed by atoms with Crippen LogP contribution in [-0.2, 0) is 0 Å². The first-order valence-electron chi connectivity index (χ1n) is 5.35. The van der Waals surface area contributed by atoms with Crippen LogP contribution in [0, 0.1) is 3.57 Å². The number of hydrogen-bond donors (Lipinski definition) is 1. The van der Waals surface area contributed by atoms with Crippen LogP contribution < -0.4 is 4.74 Å². The highest BCUT2D eigenvalue weighted by Gasteiger charge is 2.21. The molecule has 0 fully saturated rings. The van der Waals surface area contributed by atoms with E-state index in [2.05, 4.69) is 27.6 Å². The molecule has 0 unspecified atom stereocenters. The number of ether oxygens (including phenoxy) is 1. The van der Waals surface area contributed by atoms with Crippen molar-refractivity contribution in [3.05, 3.63) is 32.5 Å². The molecule has 7 heteroatoms. The van der Waals surface area contributed by atoms with Gasteiger partial charge in [0.15, 0.2) is 0 Å². The zero-order valence-electron chi connectivity index (χ0n) is 9.81. The lowest BCUT2D eigenvalue weighted by atomic mass is 10.2. The molecule has 0 saturated carbocycles. The fourth-order valence-corrected chi connectivity index (χ4v) is 1.94. The topological polar surface area (TPSA) is 72.6 Å². The zero-order valence-corrected chi connectivity index (χ0v) is 12.7. The van der Waals surface area contributed by atoms with Crippen LogP contribution in [0.4, 0.5) is 0 Å². The number of hydrogen-bond acceptors (Lipinski definition) is 4. The van der Waals surface area contributed by atoms with E-state index >= 15 is 0 Å². The molecule has 0 amide bonds. The predicted octanol–water partition coefficient (Wildman–Crippen LogP) is 3.70. The number of aromatic nitrogens is 1. The quantitative estimate of drug-likeness (QED) is 0.802. The molecule has 0 spiro atoms. The number of benzene rings is 1. The molecule has 2 aromatic rings. The van der Waals surface area contributed by atoms with Crippen molar-refractivity contribution in [1.29, 1.82) is 0 Å². The summed E-state index contributed by atoms with van der Waals surface area (Å²) >= 11 is 8.10. The maximum Gasteiger partial charge on any atom is 0.362 e. The van der Waals surface area contributed by atoms with E-state index in [1.807, 2.05) is 0 Å². The maximum absolute atomic E-state index is 11.0. The summed E-state index contributed by atoms with van der Waals surface area (Å²) in [5, 5.41) is 9.57. The minimum atomic E-state index is -1.20. The molecule has 0 aliphatic carbocycles. The van der Waals surface area contributed by atoms with Gasteiger partial charge in [0.1, 0.15) is 0 Å². The van der Waals surface area contributed by atoms with Crippen molar-refractivity contribution < 1.29 is 19.1 Å². The molecule has 0 radical (unpaired) electrons. The van der Waals surface area contributed by atoms with E-state index in [0.29, 0.717) is 17.2 Å². The molecule has 0 aliphatic heterocycles. The second-order valence-corrected chi connectivity index (χ2v) is 5.09. The first-order chi connectivity index (χ1) is 9.02. The molecule has 2 rings (SSSR count). The van der Waals surface area contributed by atoms with Crippen LogP contribution in [0.25, 0.3) is 11.5 Å². The van der Waals surface area contributed by atoms with E-state index in [9.17, 15) is 4.79 Å². The minimum absolute atomic E-state index is 0.0975. The Morgan fingerprint density at radius 1 is 1.58 bits per heavy atom. The number of carboxylic acids is 1. The molecule has 1 aromatic carbocycles. The third-order valence-corrected chi connectivity index (χ3v) is 3.81. The second-order valence-electron chi connectivity index (χ2n) is 3.52. The SMILES string of the molecule is CCOc1oc(-c2ccc(I)c(Cl)c2)nc1C(=O)O. The van der Waals surface area contributed by atoms with Crippen molar-refractivity contribution in [3.63, 3.8) is 0 Å². The number of oxazole rings is 1. The van der Waals surface area contributed by atoms with Crippen LogP contribution in [-0.4, -0.2) is 22.7 Å². The van der Waals surface area contributed by atoms with Crippen LogP contribution >= 0.6 is 34.2 Å². The van der Waals surface area contributed by atoms with Crippen LogP contribution in [0.15, 0.2) is 22.6 Å². The van der Waals surface area contributed by atoms with Gasteiger partial charge < -0.3 is 14.3 Å².